The zero-order valence-corrected chi connectivity index (χ0v) is 10.1. The van der Waals surface area contributed by atoms with Crippen LogP contribution in [0.1, 0.15) is 31.2 Å². The van der Waals surface area contributed by atoms with Gasteiger partial charge in [-0.3, -0.25) is 4.79 Å². The van der Waals surface area contributed by atoms with Gasteiger partial charge in [0.25, 0.3) is 0 Å². The van der Waals surface area contributed by atoms with E-state index in [-0.39, 0.29) is 12.7 Å². The number of hydrogen-bond acceptors (Lipinski definition) is 3. The molecule has 1 heterocycles. The summed E-state index contributed by atoms with van der Waals surface area (Å²) >= 11 is 0. The summed E-state index contributed by atoms with van der Waals surface area (Å²) in [5.41, 5.74) is 6.06. The van der Waals surface area contributed by atoms with Gasteiger partial charge in [-0.25, -0.2) is 0 Å². The van der Waals surface area contributed by atoms with Crippen LogP contribution in [0.15, 0.2) is 18.2 Å². The quantitative estimate of drug-likeness (QED) is 0.887. The Labute approximate surface area is 106 Å². The van der Waals surface area contributed by atoms with Crippen LogP contribution in [0.4, 0.5) is 0 Å². The van der Waals surface area contributed by atoms with E-state index in [9.17, 15) is 4.79 Å². The van der Waals surface area contributed by atoms with Crippen LogP contribution in [-0.4, -0.2) is 12.7 Å². The molecule has 2 aliphatic rings. The Morgan fingerprint density at radius 1 is 1.22 bits per heavy atom. The molecule has 1 aromatic rings. The maximum Gasteiger partial charge on any atom is 0.231 e. The lowest BCUT2D eigenvalue weighted by Crippen LogP contribution is -2.35. The maximum absolute atomic E-state index is 11.7. The molecule has 18 heavy (non-hydrogen) atoms. The summed E-state index contributed by atoms with van der Waals surface area (Å²) < 4.78 is 10.6. The number of carbonyl (C=O) groups excluding carboxylic acids is 1. The first kappa shape index (κ1) is 11.4. The third-order valence-corrected chi connectivity index (χ3v) is 3.83. The Balaban J connectivity index is 1.85. The molecule has 3 rings (SSSR count). The van der Waals surface area contributed by atoms with Crippen LogP contribution >= 0.6 is 0 Å². The average Bonchev–Trinajstić information content (AvgIpc) is 2.97. The molecule has 0 saturated heterocycles. The van der Waals surface area contributed by atoms with E-state index in [1.165, 1.54) is 0 Å². The summed E-state index contributed by atoms with van der Waals surface area (Å²) in [6.07, 6.45) is 5.80. The SMILES string of the molecule is NC(=O)C1([CH]c2ccc3c(c2)OCO3)CCCC1. The normalized spacial score (nSPS) is 20.0. The van der Waals surface area contributed by atoms with Crippen molar-refractivity contribution in [3.8, 4) is 11.5 Å². The average molecular weight is 246 g/mol. The minimum Gasteiger partial charge on any atom is -0.454 e. The molecule has 2 N–H and O–H groups in total. The Kier molecular flexibility index (Phi) is 2.65. The highest BCUT2D eigenvalue weighted by Gasteiger charge is 2.40. The monoisotopic (exact) mass is 246 g/mol. The topological polar surface area (TPSA) is 61.6 Å². The molecule has 1 aliphatic heterocycles. The van der Waals surface area contributed by atoms with E-state index in [1.807, 2.05) is 24.6 Å². The molecule has 4 heteroatoms. The van der Waals surface area contributed by atoms with Crippen LogP contribution in [-0.2, 0) is 4.79 Å². The van der Waals surface area contributed by atoms with Crippen molar-refractivity contribution < 1.29 is 14.3 Å². The number of hydrogen-bond donors (Lipinski definition) is 1. The predicted octanol–water partition coefficient (Wildman–Crippen LogP) is 2.01. The van der Waals surface area contributed by atoms with Gasteiger partial charge in [0.1, 0.15) is 0 Å². The summed E-state index contributed by atoms with van der Waals surface area (Å²) in [7, 11) is 0. The lowest BCUT2D eigenvalue weighted by molar-refractivity contribution is -0.125. The fourth-order valence-electron chi connectivity index (χ4n) is 2.79. The van der Waals surface area contributed by atoms with Crippen molar-refractivity contribution in [3.05, 3.63) is 30.2 Å². The van der Waals surface area contributed by atoms with Crippen LogP contribution in [0, 0.1) is 11.8 Å². The minimum absolute atomic E-state index is 0.224. The van der Waals surface area contributed by atoms with Gasteiger partial charge >= 0.3 is 0 Å². The summed E-state index contributed by atoms with van der Waals surface area (Å²) in [6.45, 7) is 0.264. The molecule has 1 saturated carbocycles. The lowest BCUT2D eigenvalue weighted by atomic mass is 9.79. The van der Waals surface area contributed by atoms with Crippen LogP contribution in [0.5, 0.6) is 11.5 Å². The molecule has 0 spiro atoms. The minimum atomic E-state index is -0.478. The molecule has 1 radical (unpaired) electrons. The van der Waals surface area contributed by atoms with Gasteiger partial charge in [0, 0.05) is 6.42 Å². The largest absolute Gasteiger partial charge is 0.454 e. The first-order valence-electron chi connectivity index (χ1n) is 6.25. The number of amides is 1. The third-order valence-electron chi connectivity index (χ3n) is 3.83. The van der Waals surface area contributed by atoms with Gasteiger partial charge in [-0.2, -0.15) is 0 Å². The van der Waals surface area contributed by atoms with E-state index in [1.54, 1.807) is 0 Å². The molecule has 0 aromatic heterocycles. The van der Waals surface area contributed by atoms with E-state index >= 15 is 0 Å². The van der Waals surface area contributed by atoms with Gasteiger partial charge in [0.15, 0.2) is 11.5 Å². The Morgan fingerprint density at radius 3 is 2.67 bits per heavy atom. The van der Waals surface area contributed by atoms with Gasteiger partial charge < -0.3 is 15.2 Å². The Bertz CT molecular complexity index is 478. The van der Waals surface area contributed by atoms with Gasteiger partial charge in [-0.15, -0.1) is 0 Å². The second-order valence-electron chi connectivity index (χ2n) is 4.98. The number of carbonyl (C=O) groups is 1. The van der Waals surface area contributed by atoms with Crippen molar-refractivity contribution in [3.63, 3.8) is 0 Å². The maximum atomic E-state index is 11.7. The highest BCUT2D eigenvalue weighted by Crippen LogP contribution is 2.43. The van der Waals surface area contributed by atoms with Gasteiger partial charge in [-0.05, 0) is 30.5 Å². The van der Waals surface area contributed by atoms with Crippen molar-refractivity contribution in [1.29, 1.82) is 0 Å². The third kappa shape index (κ3) is 1.82. The molecule has 0 bridgehead atoms. The predicted molar refractivity (Wildman–Crippen MR) is 66.1 cm³/mol. The standard InChI is InChI=1S/C14H16NO3/c15-13(16)14(5-1-2-6-14)8-10-3-4-11-12(7-10)18-9-17-11/h3-4,7-8H,1-2,5-6,9H2,(H2,15,16). The number of primary amides is 1. The molecule has 4 nitrogen and oxygen atoms in total. The van der Waals surface area contributed by atoms with Crippen LogP contribution in [0.2, 0.25) is 0 Å². The first-order chi connectivity index (χ1) is 8.70. The first-order valence-corrected chi connectivity index (χ1v) is 6.25. The number of benzene rings is 1. The molecule has 1 amide bonds. The lowest BCUT2D eigenvalue weighted by Gasteiger charge is -2.24. The molecule has 1 aromatic carbocycles. The Hall–Kier alpha value is -1.71. The van der Waals surface area contributed by atoms with Gasteiger partial charge in [0.2, 0.25) is 12.7 Å². The highest BCUT2D eigenvalue weighted by molar-refractivity contribution is 5.83. The molecule has 1 aliphatic carbocycles. The van der Waals surface area contributed by atoms with E-state index in [0.717, 1.165) is 42.7 Å². The summed E-state index contributed by atoms with van der Waals surface area (Å²) in [4.78, 5) is 11.7. The van der Waals surface area contributed by atoms with Crippen LogP contribution in [0.25, 0.3) is 0 Å². The fourth-order valence-corrected chi connectivity index (χ4v) is 2.79. The zero-order chi connectivity index (χ0) is 12.6. The molecule has 0 atom stereocenters. The molecule has 0 unspecified atom stereocenters. The van der Waals surface area contributed by atoms with Crippen LogP contribution in [0.3, 0.4) is 0 Å². The number of nitrogens with two attached hydrogens (primary N) is 1. The van der Waals surface area contributed by atoms with Crippen LogP contribution < -0.4 is 15.2 Å². The van der Waals surface area contributed by atoms with Gasteiger partial charge in [-0.1, -0.05) is 18.9 Å². The van der Waals surface area contributed by atoms with Gasteiger partial charge in [0.05, 0.1) is 5.41 Å². The van der Waals surface area contributed by atoms with Crippen molar-refractivity contribution >= 4 is 5.91 Å². The second kappa shape index (κ2) is 4.19. The zero-order valence-electron chi connectivity index (χ0n) is 10.1. The van der Waals surface area contributed by atoms with E-state index in [2.05, 4.69) is 0 Å². The number of rotatable bonds is 3. The van der Waals surface area contributed by atoms with Crippen molar-refractivity contribution in [2.75, 3.05) is 6.79 Å². The molecule has 95 valence electrons. The van der Waals surface area contributed by atoms with E-state index in [4.69, 9.17) is 15.2 Å². The fraction of sp³-hybridized carbons (Fsp3) is 0.429. The second-order valence-corrected chi connectivity index (χ2v) is 4.98. The Morgan fingerprint density at radius 2 is 1.94 bits per heavy atom. The molecular formula is C14H16NO3. The summed E-state index contributed by atoms with van der Waals surface area (Å²) in [5.74, 6) is 1.27. The number of ether oxygens (including phenoxy) is 2. The number of fused-ring (bicyclic) bond motifs is 1. The molecular weight excluding hydrogens is 230 g/mol. The van der Waals surface area contributed by atoms with E-state index < -0.39 is 5.41 Å². The van der Waals surface area contributed by atoms with E-state index in [0.29, 0.717) is 0 Å². The summed E-state index contributed by atoms with van der Waals surface area (Å²) in [5, 5.41) is 0. The summed E-state index contributed by atoms with van der Waals surface area (Å²) in [6, 6.07) is 5.72. The molecule has 1 fully saturated rings. The highest BCUT2D eigenvalue weighted by atomic mass is 16.7. The van der Waals surface area contributed by atoms with Crippen molar-refractivity contribution in [1.82, 2.24) is 0 Å². The smallest absolute Gasteiger partial charge is 0.231 e. The van der Waals surface area contributed by atoms with Crippen molar-refractivity contribution in [2.45, 2.75) is 25.7 Å². The van der Waals surface area contributed by atoms with Crippen molar-refractivity contribution in [2.24, 2.45) is 11.1 Å².